The van der Waals surface area contributed by atoms with Crippen molar-refractivity contribution in [2.24, 2.45) is 0 Å². The molecule has 0 atom stereocenters. The number of nitrogens with zero attached hydrogens (tertiary/aromatic N) is 18. The van der Waals surface area contributed by atoms with E-state index in [1.54, 1.807) is 49.7 Å². The number of halogens is 5. The first-order valence-electron chi connectivity index (χ1n) is 17.1. The van der Waals surface area contributed by atoms with Gasteiger partial charge in [-0.3, -0.25) is 0 Å². The van der Waals surface area contributed by atoms with Crippen LogP contribution >= 0.6 is 71.0 Å². The summed E-state index contributed by atoms with van der Waals surface area (Å²) in [4.78, 5) is 25.9. The van der Waals surface area contributed by atoms with Gasteiger partial charge in [0, 0.05) is 24.8 Å². The van der Waals surface area contributed by atoms with Crippen molar-refractivity contribution in [1.82, 2.24) is 88.6 Å². The van der Waals surface area contributed by atoms with E-state index in [9.17, 15) is 0 Å². The van der Waals surface area contributed by atoms with Crippen LogP contribution < -0.4 is 17.2 Å². The van der Waals surface area contributed by atoms with Crippen LogP contribution in [0.15, 0.2) is 87.5 Å². The summed E-state index contributed by atoms with van der Waals surface area (Å²) in [6.45, 7) is 7.71. The molecule has 0 aliphatic carbocycles. The molecule has 26 heteroatoms. The van der Waals surface area contributed by atoms with Crippen molar-refractivity contribution >= 4 is 88.4 Å². The standard InChI is InChI=1S/2C12H12BrN7.C10H6BrCl2N7/c1-7-3-15-19(5-7)11-9(13)10(14)17-12(18-11)20-6-8(2)4-16-20;1-7-3-5-19(17-7)11-9(13)10(14)15-12(16-11)20-6-4-8(2)18-20;11-7-8(14)17-10(20-4-6(13)2-16-20)18-9(7)19-3-5(12)1-15-19/h3-6H,1-2H3,(H2,14,17,18);3-6H,1-2H3,(H2,14,15,16);1-4H,(H2,14,17,18). The number of anilines is 3. The van der Waals surface area contributed by atoms with Crippen LogP contribution in [0.25, 0.3) is 35.3 Å². The molecule has 0 aliphatic heterocycles. The zero-order chi connectivity index (χ0) is 42.8. The van der Waals surface area contributed by atoms with Crippen LogP contribution in [0.4, 0.5) is 17.5 Å². The van der Waals surface area contributed by atoms with E-state index < -0.39 is 0 Å². The van der Waals surface area contributed by atoms with Gasteiger partial charge in [-0.25, -0.2) is 28.1 Å². The van der Waals surface area contributed by atoms with Gasteiger partial charge >= 0.3 is 0 Å². The van der Waals surface area contributed by atoms with Crippen molar-refractivity contribution in [2.75, 3.05) is 17.2 Å². The Kier molecular flexibility index (Phi) is 12.4. The molecule has 6 N–H and O–H groups in total. The van der Waals surface area contributed by atoms with E-state index in [1.807, 2.05) is 58.4 Å². The molecule has 0 fully saturated rings. The van der Waals surface area contributed by atoms with Crippen LogP contribution in [0.1, 0.15) is 22.5 Å². The van der Waals surface area contributed by atoms with Gasteiger partial charge in [0.1, 0.15) is 30.9 Å². The maximum atomic E-state index is 5.93. The number of rotatable bonds is 6. The zero-order valence-electron chi connectivity index (χ0n) is 31.6. The molecule has 9 rings (SSSR count). The highest BCUT2D eigenvalue weighted by molar-refractivity contribution is 9.11. The van der Waals surface area contributed by atoms with Gasteiger partial charge in [0.25, 0.3) is 17.8 Å². The van der Waals surface area contributed by atoms with Crippen LogP contribution in [0, 0.1) is 27.7 Å². The third-order valence-electron chi connectivity index (χ3n) is 7.78. The molecule has 0 saturated heterocycles. The second kappa shape index (κ2) is 17.6. The van der Waals surface area contributed by atoms with Crippen LogP contribution in [-0.4, -0.2) is 88.6 Å². The molecular weight excluding hydrogens is 1010 g/mol. The molecule has 0 saturated carbocycles. The van der Waals surface area contributed by atoms with Gasteiger partial charge in [-0.2, -0.15) is 60.5 Å². The quantitative estimate of drug-likeness (QED) is 0.169. The van der Waals surface area contributed by atoms with Crippen molar-refractivity contribution in [1.29, 1.82) is 0 Å². The van der Waals surface area contributed by atoms with E-state index in [2.05, 4.69) is 108 Å². The topological polar surface area (TPSA) is 262 Å². The van der Waals surface area contributed by atoms with Crippen LogP contribution in [-0.2, 0) is 0 Å². The van der Waals surface area contributed by atoms with Crippen molar-refractivity contribution < 1.29 is 0 Å². The molecule has 9 aromatic heterocycles. The maximum absolute atomic E-state index is 5.93. The van der Waals surface area contributed by atoms with Gasteiger partial charge < -0.3 is 17.2 Å². The minimum atomic E-state index is 0.253. The smallest absolute Gasteiger partial charge is 0.254 e. The fourth-order valence-electron chi connectivity index (χ4n) is 5.02. The lowest BCUT2D eigenvalue weighted by Crippen LogP contribution is -2.10. The molecule has 0 amide bonds. The summed E-state index contributed by atoms with van der Waals surface area (Å²) in [5.41, 5.74) is 21.6. The fourth-order valence-corrected chi connectivity index (χ4v) is 6.37. The number of aromatic nitrogens is 18. The Morgan fingerprint density at radius 2 is 0.800 bits per heavy atom. The molecule has 0 radical (unpaired) electrons. The summed E-state index contributed by atoms with van der Waals surface area (Å²) in [6.07, 6.45) is 17.0. The third kappa shape index (κ3) is 9.36. The number of nitrogens with two attached hydrogens (primary N) is 3. The summed E-state index contributed by atoms with van der Waals surface area (Å²) < 4.78 is 11.1. The largest absolute Gasteiger partial charge is 0.383 e. The summed E-state index contributed by atoms with van der Waals surface area (Å²) in [7, 11) is 0. The van der Waals surface area contributed by atoms with Crippen LogP contribution in [0.2, 0.25) is 10.0 Å². The molecule has 0 aromatic carbocycles. The average Bonchev–Trinajstić information content (AvgIpc) is 4.08. The first kappa shape index (κ1) is 42.1. The Balaban J connectivity index is 0.000000136. The van der Waals surface area contributed by atoms with Crippen molar-refractivity contribution in [3.63, 3.8) is 0 Å². The molecule has 0 spiro atoms. The molecular formula is C34H30Br3Cl2N21. The number of aryl methyl sites for hydroxylation is 4. The predicted octanol–water partition coefficient (Wildman–Crippen LogP) is 6.12. The summed E-state index contributed by atoms with van der Waals surface area (Å²) in [5, 5.41) is 26.1. The first-order chi connectivity index (χ1) is 28.6. The predicted molar refractivity (Wildman–Crippen MR) is 234 cm³/mol. The van der Waals surface area contributed by atoms with E-state index in [4.69, 9.17) is 40.4 Å². The molecule has 306 valence electrons. The highest BCUT2D eigenvalue weighted by Crippen LogP contribution is 2.28. The number of hydrogen-bond acceptors (Lipinski definition) is 15. The number of hydrogen-bond donors (Lipinski definition) is 3. The normalized spacial score (nSPS) is 10.9. The highest BCUT2D eigenvalue weighted by Gasteiger charge is 2.17. The van der Waals surface area contributed by atoms with Crippen LogP contribution in [0.5, 0.6) is 0 Å². The van der Waals surface area contributed by atoms with Crippen molar-refractivity contribution in [3.8, 4) is 35.3 Å². The molecule has 0 aliphatic rings. The molecule has 9 heterocycles. The Bertz CT molecular complexity index is 2650. The summed E-state index contributed by atoms with van der Waals surface area (Å²) in [6, 6.07) is 3.77. The van der Waals surface area contributed by atoms with Crippen molar-refractivity contribution in [2.45, 2.75) is 27.7 Å². The van der Waals surface area contributed by atoms with Gasteiger partial charge in [0.05, 0.1) is 58.6 Å². The SMILES string of the molecule is Cc1ccn(-c2nc(N)c(Br)c(-n3ccc(C)n3)n2)n1.Cc1cnn(-c2nc(N)c(Br)c(-n3cc(C)cn3)n2)c1.Nc1nc(-n2cc(Cl)cn2)nc(-n2cc(Cl)cn2)c1Br. The van der Waals surface area contributed by atoms with Gasteiger partial charge in [0.15, 0.2) is 17.5 Å². The monoisotopic (exact) mass is 1040 g/mol. The van der Waals surface area contributed by atoms with Gasteiger partial charge in [-0.15, -0.1) is 0 Å². The molecule has 9 aromatic rings. The lowest BCUT2D eigenvalue weighted by molar-refractivity contribution is 0.763. The molecule has 21 nitrogen and oxygen atoms in total. The van der Waals surface area contributed by atoms with E-state index in [0.717, 1.165) is 22.5 Å². The van der Waals surface area contributed by atoms with Crippen LogP contribution in [0.3, 0.4) is 0 Å². The lowest BCUT2D eigenvalue weighted by atomic mass is 10.4. The maximum Gasteiger partial charge on any atom is 0.254 e. The minimum absolute atomic E-state index is 0.253. The minimum Gasteiger partial charge on any atom is -0.383 e. The zero-order valence-corrected chi connectivity index (χ0v) is 37.9. The first-order valence-corrected chi connectivity index (χ1v) is 20.3. The average molecular weight is 1040 g/mol. The van der Waals surface area contributed by atoms with E-state index in [1.165, 1.54) is 21.8 Å². The second-order valence-corrected chi connectivity index (χ2v) is 15.8. The highest BCUT2D eigenvalue weighted by atomic mass is 79.9. The Labute approximate surface area is 375 Å². The Morgan fingerprint density at radius 1 is 0.450 bits per heavy atom. The molecule has 0 unspecified atom stereocenters. The second-order valence-electron chi connectivity index (χ2n) is 12.6. The molecule has 60 heavy (non-hydrogen) atoms. The molecule has 0 bridgehead atoms. The number of nitrogen functional groups attached to an aromatic ring is 3. The van der Waals surface area contributed by atoms with Crippen molar-refractivity contribution in [3.05, 3.63) is 120 Å². The lowest BCUT2D eigenvalue weighted by Gasteiger charge is -2.08. The van der Waals surface area contributed by atoms with E-state index in [0.29, 0.717) is 64.4 Å². The summed E-state index contributed by atoms with van der Waals surface area (Å²) >= 11 is 21.8. The summed E-state index contributed by atoms with van der Waals surface area (Å²) in [5.74, 6) is 3.62. The third-order valence-corrected chi connectivity index (χ3v) is 10.5. The Hall–Kier alpha value is -6.08. The van der Waals surface area contributed by atoms with Gasteiger partial charge in [-0.1, -0.05) is 23.2 Å². The van der Waals surface area contributed by atoms with E-state index in [-0.39, 0.29) is 11.8 Å². The van der Waals surface area contributed by atoms with Gasteiger partial charge in [-0.05, 0) is 98.7 Å². The van der Waals surface area contributed by atoms with E-state index >= 15 is 0 Å². The van der Waals surface area contributed by atoms with Gasteiger partial charge in [0.2, 0.25) is 0 Å². The Morgan fingerprint density at radius 3 is 1.18 bits per heavy atom. The fraction of sp³-hybridized carbons (Fsp3) is 0.118.